The summed E-state index contributed by atoms with van der Waals surface area (Å²) in [5.74, 6) is -0.992. The van der Waals surface area contributed by atoms with Gasteiger partial charge in [0.05, 0.1) is 28.6 Å². The van der Waals surface area contributed by atoms with E-state index in [0.29, 0.717) is 33.7 Å². The molecule has 0 radical (unpaired) electrons. The normalized spacial score (nSPS) is 10.8. The highest BCUT2D eigenvalue weighted by molar-refractivity contribution is 5.99. The molecule has 0 saturated heterocycles. The van der Waals surface area contributed by atoms with E-state index >= 15 is 0 Å². The van der Waals surface area contributed by atoms with Crippen molar-refractivity contribution in [3.63, 3.8) is 0 Å². The van der Waals surface area contributed by atoms with Crippen molar-refractivity contribution in [3.05, 3.63) is 131 Å². The zero-order valence-electron chi connectivity index (χ0n) is 20.1. The van der Waals surface area contributed by atoms with Gasteiger partial charge in [0.2, 0.25) is 5.91 Å². The molecule has 0 aliphatic rings. The molecular formula is C29H22FN5O3. The molecule has 9 heteroatoms. The predicted molar refractivity (Wildman–Crippen MR) is 143 cm³/mol. The Morgan fingerprint density at radius 1 is 0.921 bits per heavy atom. The number of carbonyl (C=O) groups is 2. The van der Waals surface area contributed by atoms with E-state index in [1.165, 1.54) is 27.3 Å². The first-order valence-corrected chi connectivity index (χ1v) is 11.7. The molecular weight excluding hydrogens is 485 g/mol. The fraction of sp³-hybridized carbons (Fsp3) is 0.0345. The summed E-state index contributed by atoms with van der Waals surface area (Å²) in [6, 6.07) is 21.2. The molecule has 0 fully saturated rings. The SMILES string of the molecule is C=CC(=O)Nc1cccc(-n2c(=O)n(-c3ccc(C(=O)NCc4ccc(F)cc4)cc3)c3cnccc32)c1. The van der Waals surface area contributed by atoms with E-state index in [1.807, 2.05) is 0 Å². The number of rotatable bonds is 7. The third-order valence-corrected chi connectivity index (χ3v) is 5.95. The third kappa shape index (κ3) is 4.85. The van der Waals surface area contributed by atoms with Crippen molar-refractivity contribution >= 4 is 28.5 Å². The van der Waals surface area contributed by atoms with Gasteiger partial charge in [0, 0.05) is 24.0 Å². The number of anilines is 1. The standard InChI is InChI=1S/C29H22FN5O3/c1-2-27(36)33-22-4-3-5-24(16-22)35-25-14-15-31-18-26(25)34(29(35)38)23-12-8-20(9-13-23)28(37)32-17-19-6-10-21(30)11-7-19/h2-16,18H,1,17H2,(H,32,37)(H,33,36). The van der Waals surface area contributed by atoms with Crippen LogP contribution in [-0.4, -0.2) is 25.9 Å². The van der Waals surface area contributed by atoms with Crippen molar-refractivity contribution in [2.75, 3.05) is 5.32 Å². The van der Waals surface area contributed by atoms with Crippen molar-refractivity contribution < 1.29 is 14.0 Å². The molecule has 5 rings (SSSR count). The summed E-state index contributed by atoms with van der Waals surface area (Å²) >= 11 is 0. The summed E-state index contributed by atoms with van der Waals surface area (Å²) in [7, 11) is 0. The maximum atomic E-state index is 13.7. The summed E-state index contributed by atoms with van der Waals surface area (Å²) in [6.45, 7) is 3.71. The molecule has 8 nitrogen and oxygen atoms in total. The first-order chi connectivity index (χ1) is 18.4. The lowest BCUT2D eigenvalue weighted by atomic mass is 10.1. The highest BCUT2D eigenvalue weighted by Crippen LogP contribution is 2.22. The fourth-order valence-corrected chi connectivity index (χ4v) is 4.11. The van der Waals surface area contributed by atoms with Crippen molar-refractivity contribution in [2.45, 2.75) is 6.54 Å². The van der Waals surface area contributed by atoms with Crippen LogP contribution in [0.1, 0.15) is 15.9 Å². The summed E-state index contributed by atoms with van der Waals surface area (Å²) in [5.41, 5.74) is 3.68. The quantitative estimate of drug-likeness (QED) is 0.320. The Morgan fingerprint density at radius 2 is 1.66 bits per heavy atom. The Kier molecular flexibility index (Phi) is 6.65. The number of imidazole rings is 1. The lowest BCUT2D eigenvalue weighted by Gasteiger charge is -2.08. The second kappa shape index (κ2) is 10.4. The smallest absolute Gasteiger partial charge is 0.338 e. The molecule has 0 saturated carbocycles. The molecule has 5 aromatic rings. The predicted octanol–water partition coefficient (Wildman–Crippen LogP) is 4.37. The van der Waals surface area contributed by atoms with Crippen molar-refractivity contribution in [1.82, 2.24) is 19.4 Å². The van der Waals surface area contributed by atoms with Gasteiger partial charge in [-0.25, -0.2) is 9.18 Å². The number of pyridine rings is 1. The van der Waals surface area contributed by atoms with Crippen LogP contribution in [-0.2, 0) is 11.3 Å². The minimum atomic E-state index is -0.358. The van der Waals surface area contributed by atoms with E-state index < -0.39 is 0 Å². The van der Waals surface area contributed by atoms with Gasteiger partial charge in [0.15, 0.2) is 0 Å². The number of halogens is 1. The average Bonchev–Trinajstić information content (AvgIpc) is 3.24. The van der Waals surface area contributed by atoms with Crippen LogP contribution in [0, 0.1) is 5.82 Å². The van der Waals surface area contributed by atoms with Crippen LogP contribution in [0.4, 0.5) is 10.1 Å². The molecule has 0 spiro atoms. The van der Waals surface area contributed by atoms with Gasteiger partial charge in [-0.3, -0.25) is 23.7 Å². The number of nitrogens with zero attached hydrogens (tertiary/aromatic N) is 3. The van der Waals surface area contributed by atoms with E-state index in [9.17, 15) is 18.8 Å². The Balaban J connectivity index is 1.46. The van der Waals surface area contributed by atoms with Gasteiger partial charge in [-0.15, -0.1) is 0 Å². The molecule has 0 bridgehead atoms. The van der Waals surface area contributed by atoms with Crippen LogP contribution in [0.25, 0.3) is 22.4 Å². The molecule has 2 aromatic heterocycles. The van der Waals surface area contributed by atoms with Crippen LogP contribution in [0.15, 0.2) is 109 Å². The Labute approximate surface area is 216 Å². The topological polar surface area (TPSA) is 98.0 Å². The largest absolute Gasteiger partial charge is 0.348 e. The van der Waals surface area contributed by atoms with Gasteiger partial charge >= 0.3 is 5.69 Å². The number of hydrogen-bond donors (Lipinski definition) is 2. The number of nitrogens with one attached hydrogen (secondary N) is 2. The monoisotopic (exact) mass is 507 g/mol. The molecule has 2 amide bonds. The lowest BCUT2D eigenvalue weighted by molar-refractivity contribution is -0.111. The highest BCUT2D eigenvalue weighted by Gasteiger charge is 2.17. The molecule has 2 N–H and O–H groups in total. The third-order valence-electron chi connectivity index (χ3n) is 5.95. The van der Waals surface area contributed by atoms with Crippen LogP contribution < -0.4 is 16.3 Å². The second-order valence-electron chi connectivity index (χ2n) is 8.42. The van der Waals surface area contributed by atoms with E-state index in [4.69, 9.17) is 0 Å². The number of fused-ring (bicyclic) bond motifs is 1. The summed E-state index contributed by atoms with van der Waals surface area (Å²) in [6.07, 6.45) is 4.36. The molecule has 2 heterocycles. The first kappa shape index (κ1) is 24.4. The van der Waals surface area contributed by atoms with Gasteiger partial charge in [-0.05, 0) is 72.3 Å². The van der Waals surface area contributed by atoms with Crippen LogP contribution >= 0.6 is 0 Å². The molecule has 188 valence electrons. The average molecular weight is 508 g/mol. The Morgan fingerprint density at radius 3 is 2.39 bits per heavy atom. The summed E-state index contributed by atoms with van der Waals surface area (Å²) < 4.78 is 16.1. The molecule has 3 aromatic carbocycles. The molecule has 0 aliphatic carbocycles. The minimum absolute atomic E-state index is 0.256. The molecule has 0 aliphatic heterocycles. The molecule has 0 unspecified atom stereocenters. The van der Waals surface area contributed by atoms with E-state index in [2.05, 4.69) is 22.2 Å². The van der Waals surface area contributed by atoms with Crippen LogP contribution in [0.5, 0.6) is 0 Å². The number of benzene rings is 3. The minimum Gasteiger partial charge on any atom is -0.348 e. The molecule has 38 heavy (non-hydrogen) atoms. The van der Waals surface area contributed by atoms with Gasteiger partial charge in [-0.2, -0.15) is 0 Å². The summed E-state index contributed by atoms with van der Waals surface area (Å²) in [4.78, 5) is 42.2. The van der Waals surface area contributed by atoms with E-state index in [0.717, 1.165) is 5.56 Å². The number of carbonyl (C=O) groups excluding carboxylic acids is 2. The van der Waals surface area contributed by atoms with Gasteiger partial charge < -0.3 is 10.6 Å². The van der Waals surface area contributed by atoms with Gasteiger partial charge in [-0.1, -0.05) is 24.8 Å². The van der Waals surface area contributed by atoms with Crippen molar-refractivity contribution in [2.24, 2.45) is 0 Å². The maximum absolute atomic E-state index is 13.7. The fourth-order valence-electron chi connectivity index (χ4n) is 4.11. The zero-order valence-corrected chi connectivity index (χ0v) is 20.1. The Bertz CT molecular complexity index is 1720. The van der Waals surface area contributed by atoms with Gasteiger partial charge in [0.25, 0.3) is 5.91 Å². The van der Waals surface area contributed by atoms with E-state index in [-0.39, 0.29) is 29.9 Å². The first-order valence-electron chi connectivity index (χ1n) is 11.7. The van der Waals surface area contributed by atoms with Crippen LogP contribution in [0.2, 0.25) is 0 Å². The number of hydrogen-bond acceptors (Lipinski definition) is 4. The van der Waals surface area contributed by atoms with Crippen molar-refractivity contribution in [1.29, 1.82) is 0 Å². The summed E-state index contributed by atoms with van der Waals surface area (Å²) in [5, 5.41) is 5.51. The molecule has 0 atom stereocenters. The Hall–Kier alpha value is -5.31. The highest BCUT2D eigenvalue weighted by atomic mass is 19.1. The number of amides is 2. The second-order valence-corrected chi connectivity index (χ2v) is 8.42. The lowest BCUT2D eigenvalue weighted by Crippen LogP contribution is -2.23. The van der Waals surface area contributed by atoms with Crippen molar-refractivity contribution in [3.8, 4) is 11.4 Å². The van der Waals surface area contributed by atoms with Crippen LogP contribution in [0.3, 0.4) is 0 Å². The zero-order chi connectivity index (χ0) is 26.6. The van der Waals surface area contributed by atoms with Gasteiger partial charge in [0.1, 0.15) is 5.82 Å². The number of aromatic nitrogens is 3. The maximum Gasteiger partial charge on any atom is 0.338 e. The van der Waals surface area contributed by atoms with E-state index in [1.54, 1.807) is 79.1 Å².